The smallest absolute Gasteiger partial charge is 0.323 e. The van der Waals surface area contributed by atoms with Crippen LogP contribution in [0.3, 0.4) is 0 Å². The van der Waals surface area contributed by atoms with Gasteiger partial charge in [-0.2, -0.15) is 0 Å². The van der Waals surface area contributed by atoms with E-state index in [1.165, 1.54) is 24.2 Å². The van der Waals surface area contributed by atoms with Crippen LogP contribution in [0.15, 0.2) is 0 Å². The molecule has 0 unspecified atom stereocenters. The summed E-state index contributed by atoms with van der Waals surface area (Å²) >= 11 is 0. The van der Waals surface area contributed by atoms with Gasteiger partial charge in [-0.05, 0) is 45.4 Å². The number of aliphatic carboxylic acids is 1. The summed E-state index contributed by atoms with van der Waals surface area (Å²) in [6.45, 7) is 8.17. The van der Waals surface area contributed by atoms with Crippen LogP contribution in [-0.2, 0) is 4.79 Å². The molecule has 0 bridgehead atoms. The van der Waals surface area contributed by atoms with Crippen molar-refractivity contribution < 1.29 is 14.7 Å². The maximum Gasteiger partial charge on any atom is 0.323 e. The van der Waals surface area contributed by atoms with Crippen LogP contribution < -0.4 is 5.32 Å². The number of rotatable bonds is 5. The third-order valence-electron chi connectivity index (χ3n) is 4.43. The third kappa shape index (κ3) is 5.94. The van der Waals surface area contributed by atoms with Crippen LogP contribution in [-0.4, -0.2) is 40.6 Å². The van der Waals surface area contributed by atoms with Crippen molar-refractivity contribution in [3.63, 3.8) is 0 Å². The van der Waals surface area contributed by atoms with E-state index in [-0.39, 0.29) is 12.6 Å². The van der Waals surface area contributed by atoms with E-state index >= 15 is 0 Å². The lowest BCUT2D eigenvalue weighted by atomic mass is 9.81. The van der Waals surface area contributed by atoms with Crippen LogP contribution in [0, 0.1) is 11.8 Å². The molecule has 0 aromatic rings. The Morgan fingerprint density at radius 2 is 1.67 bits per heavy atom. The topological polar surface area (TPSA) is 69.6 Å². The van der Waals surface area contributed by atoms with Gasteiger partial charge < -0.3 is 15.3 Å². The normalized spacial score (nSPS) is 22.7. The molecular weight excluding hydrogens is 268 g/mol. The van der Waals surface area contributed by atoms with Gasteiger partial charge in [-0.3, -0.25) is 4.79 Å². The summed E-state index contributed by atoms with van der Waals surface area (Å²) in [5.74, 6) is 0.391. The minimum Gasteiger partial charge on any atom is -0.480 e. The number of hydrogen-bond acceptors (Lipinski definition) is 2. The molecule has 0 spiro atoms. The van der Waals surface area contributed by atoms with E-state index in [2.05, 4.69) is 12.2 Å². The molecule has 1 aliphatic rings. The fourth-order valence-electron chi connectivity index (χ4n) is 2.92. The number of amides is 2. The van der Waals surface area contributed by atoms with Gasteiger partial charge in [0.25, 0.3) is 0 Å². The molecule has 2 N–H and O–H groups in total. The molecule has 0 radical (unpaired) electrons. The zero-order valence-electron chi connectivity index (χ0n) is 13.8. The van der Waals surface area contributed by atoms with Gasteiger partial charge in [-0.25, -0.2) is 4.79 Å². The monoisotopic (exact) mass is 298 g/mol. The number of carboxylic acid groups (broad SMARTS) is 1. The van der Waals surface area contributed by atoms with E-state index in [9.17, 15) is 9.59 Å². The van der Waals surface area contributed by atoms with Crippen molar-refractivity contribution in [1.29, 1.82) is 0 Å². The Bertz CT molecular complexity index is 355. The van der Waals surface area contributed by atoms with E-state index < -0.39 is 11.5 Å². The summed E-state index contributed by atoms with van der Waals surface area (Å²) in [4.78, 5) is 24.5. The first-order chi connectivity index (χ1) is 9.74. The highest BCUT2D eigenvalue weighted by molar-refractivity contribution is 5.80. The molecule has 0 aromatic carbocycles. The van der Waals surface area contributed by atoms with Crippen molar-refractivity contribution >= 4 is 12.0 Å². The van der Waals surface area contributed by atoms with Gasteiger partial charge in [-0.15, -0.1) is 0 Å². The lowest BCUT2D eigenvalue weighted by molar-refractivity contribution is -0.138. The second-order valence-corrected chi connectivity index (χ2v) is 7.13. The lowest BCUT2D eigenvalue weighted by Crippen LogP contribution is -2.53. The molecule has 2 amide bonds. The Kier molecular flexibility index (Phi) is 6.49. The fraction of sp³-hybridized carbons (Fsp3) is 0.875. The standard InChI is InChI=1S/C16H30N2O3/c1-5-12-6-8-13(9-7-12)10-17-15(21)18(11-14(19)20)16(2,3)4/h12-13H,5-11H2,1-4H3,(H,17,21)(H,19,20). The Morgan fingerprint density at radius 3 is 2.10 bits per heavy atom. The molecule has 0 atom stereocenters. The molecule has 0 heterocycles. The molecular formula is C16H30N2O3. The molecule has 1 aliphatic carbocycles. The summed E-state index contributed by atoms with van der Waals surface area (Å²) in [6.07, 6.45) is 6.06. The zero-order chi connectivity index (χ0) is 16.0. The summed E-state index contributed by atoms with van der Waals surface area (Å²) in [7, 11) is 0. The predicted octanol–water partition coefficient (Wildman–Crippen LogP) is 3.10. The Hall–Kier alpha value is -1.26. The first-order valence-electron chi connectivity index (χ1n) is 8.01. The minimum absolute atomic E-state index is 0.266. The molecule has 0 aromatic heterocycles. The summed E-state index contributed by atoms with van der Waals surface area (Å²) in [5, 5.41) is 11.9. The Morgan fingerprint density at radius 1 is 1.14 bits per heavy atom. The van der Waals surface area contributed by atoms with Crippen LogP contribution in [0.1, 0.15) is 59.8 Å². The lowest BCUT2D eigenvalue weighted by Gasteiger charge is -2.35. The van der Waals surface area contributed by atoms with Crippen molar-refractivity contribution in [1.82, 2.24) is 10.2 Å². The number of nitrogens with one attached hydrogen (secondary N) is 1. The maximum atomic E-state index is 12.2. The molecule has 21 heavy (non-hydrogen) atoms. The average Bonchev–Trinajstić information content (AvgIpc) is 2.41. The molecule has 122 valence electrons. The van der Waals surface area contributed by atoms with Crippen molar-refractivity contribution in [2.45, 2.75) is 65.3 Å². The van der Waals surface area contributed by atoms with Crippen LogP contribution in [0.5, 0.6) is 0 Å². The molecule has 0 saturated heterocycles. The van der Waals surface area contributed by atoms with E-state index in [1.807, 2.05) is 20.8 Å². The molecule has 5 nitrogen and oxygen atoms in total. The minimum atomic E-state index is -0.983. The third-order valence-corrected chi connectivity index (χ3v) is 4.43. The van der Waals surface area contributed by atoms with Crippen LogP contribution >= 0.6 is 0 Å². The molecule has 0 aliphatic heterocycles. The van der Waals surface area contributed by atoms with Crippen molar-refractivity contribution in [2.24, 2.45) is 11.8 Å². The molecule has 1 rings (SSSR count). The van der Waals surface area contributed by atoms with Crippen molar-refractivity contribution in [2.75, 3.05) is 13.1 Å². The largest absolute Gasteiger partial charge is 0.480 e. The van der Waals surface area contributed by atoms with Gasteiger partial charge in [0, 0.05) is 12.1 Å². The van der Waals surface area contributed by atoms with Gasteiger partial charge in [0.2, 0.25) is 0 Å². The SMILES string of the molecule is CCC1CCC(CNC(=O)N(CC(=O)O)C(C)(C)C)CC1. The summed E-state index contributed by atoms with van der Waals surface area (Å²) < 4.78 is 0. The second-order valence-electron chi connectivity index (χ2n) is 7.13. The number of carbonyl (C=O) groups is 2. The van der Waals surface area contributed by atoms with E-state index in [4.69, 9.17) is 5.11 Å². The zero-order valence-corrected chi connectivity index (χ0v) is 13.8. The number of urea groups is 1. The number of nitrogens with zero attached hydrogens (tertiary/aromatic N) is 1. The van der Waals surface area contributed by atoms with Gasteiger partial charge in [0.05, 0.1) is 0 Å². The predicted molar refractivity (Wildman–Crippen MR) is 83.2 cm³/mol. The van der Waals surface area contributed by atoms with Crippen LogP contribution in [0.4, 0.5) is 4.79 Å². The van der Waals surface area contributed by atoms with E-state index in [1.54, 1.807) is 0 Å². The highest BCUT2D eigenvalue weighted by atomic mass is 16.4. The Balaban J connectivity index is 2.45. The molecule has 1 saturated carbocycles. The van der Waals surface area contributed by atoms with Crippen molar-refractivity contribution in [3.05, 3.63) is 0 Å². The number of hydrogen-bond donors (Lipinski definition) is 2. The van der Waals surface area contributed by atoms with E-state index in [0.29, 0.717) is 12.5 Å². The van der Waals surface area contributed by atoms with Gasteiger partial charge in [0.15, 0.2) is 0 Å². The van der Waals surface area contributed by atoms with Gasteiger partial charge >= 0.3 is 12.0 Å². The van der Waals surface area contributed by atoms with Gasteiger partial charge in [-0.1, -0.05) is 26.2 Å². The van der Waals surface area contributed by atoms with Gasteiger partial charge in [0.1, 0.15) is 6.54 Å². The Labute approximate surface area is 128 Å². The number of carboxylic acids is 1. The van der Waals surface area contributed by atoms with E-state index in [0.717, 1.165) is 18.8 Å². The molecule has 5 heteroatoms. The average molecular weight is 298 g/mol. The second kappa shape index (κ2) is 7.66. The van der Waals surface area contributed by atoms with Crippen LogP contribution in [0.25, 0.3) is 0 Å². The highest BCUT2D eigenvalue weighted by Crippen LogP contribution is 2.30. The maximum absolute atomic E-state index is 12.2. The first kappa shape index (κ1) is 17.8. The first-order valence-corrected chi connectivity index (χ1v) is 8.01. The summed E-state index contributed by atoms with van der Waals surface area (Å²) in [5.41, 5.74) is -0.498. The summed E-state index contributed by atoms with van der Waals surface area (Å²) in [6, 6.07) is -0.275. The quantitative estimate of drug-likeness (QED) is 0.819. The fourth-order valence-corrected chi connectivity index (χ4v) is 2.92. The van der Waals surface area contributed by atoms with Crippen LogP contribution in [0.2, 0.25) is 0 Å². The highest BCUT2D eigenvalue weighted by Gasteiger charge is 2.29. The number of carbonyl (C=O) groups excluding carboxylic acids is 1. The van der Waals surface area contributed by atoms with Crippen molar-refractivity contribution in [3.8, 4) is 0 Å². The molecule has 1 fully saturated rings.